The van der Waals surface area contributed by atoms with Gasteiger partial charge in [0.1, 0.15) is 10.7 Å². The summed E-state index contributed by atoms with van der Waals surface area (Å²) in [5.74, 6) is -0.779. The zero-order chi connectivity index (χ0) is 12.2. The van der Waals surface area contributed by atoms with E-state index < -0.39 is 15.8 Å². The van der Waals surface area contributed by atoms with Crippen LogP contribution in [0.4, 0.5) is 4.39 Å². The minimum atomic E-state index is -3.85. The van der Waals surface area contributed by atoms with Crippen LogP contribution in [0.5, 0.6) is 0 Å². The van der Waals surface area contributed by atoms with Crippen molar-refractivity contribution in [2.45, 2.75) is 11.8 Å². The van der Waals surface area contributed by atoms with Gasteiger partial charge in [-0.3, -0.25) is 0 Å². The summed E-state index contributed by atoms with van der Waals surface area (Å²) >= 11 is 0. The first-order valence-corrected chi connectivity index (χ1v) is 6.33. The summed E-state index contributed by atoms with van der Waals surface area (Å²) in [6, 6.07) is 5.20. The summed E-state index contributed by atoms with van der Waals surface area (Å²) in [6.45, 7) is 1.50. The molecular weight excluding hydrogens is 233 g/mol. The highest BCUT2D eigenvalue weighted by atomic mass is 32.2. The molecule has 0 aliphatic heterocycles. The van der Waals surface area contributed by atoms with Gasteiger partial charge in [-0.25, -0.2) is 12.8 Å². The summed E-state index contributed by atoms with van der Waals surface area (Å²) in [5, 5.41) is 8.75. The molecule has 0 spiro atoms. The maximum atomic E-state index is 13.4. The number of likely N-dealkylation sites (N-methyl/N-ethyl adjacent to an activating group) is 1. The lowest BCUT2D eigenvalue weighted by atomic mass is 10.4. The standard InChI is InChI=1S/C10H14FNO3S/c1-2-12(7-8-13)16(14,15)10-6-4-3-5-9(10)11/h3-6,13H,2,7-8H2,1H3. The van der Waals surface area contributed by atoms with Crippen LogP contribution in [0.3, 0.4) is 0 Å². The first kappa shape index (κ1) is 13.1. The van der Waals surface area contributed by atoms with Gasteiger partial charge >= 0.3 is 0 Å². The lowest BCUT2D eigenvalue weighted by Crippen LogP contribution is -2.33. The van der Waals surface area contributed by atoms with E-state index in [1.54, 1.807) is 6.92 Å². The number of nitrogens with zero attached hydrogens (tertiary/aromatic N) is 1. The second-order valence-electron chi connectivity index (χ2n) is 3.15. The van der Waals surface area contributed by atoms with Crippen LogP contribution in [0.15, 0.2) is 29.2 Å². The van der Waals surface area contributed by atoms with E-state index in [4.69, 9.17) is 5.11 Å². The van der Waals surface area contributed by atoms with Crippen LogP contribution in [0, 0.1) is 5.82 Å². The maximum absolute atomic E-state index is 13.4. The van der Waals surface area contributed by atoms with E-state index in [1.807, 2.05) is 0 Å². The van der Waals surface area contributed by atoms with Gasteiger partial charge in [0.05, 0.1) is 6.61 Å². The molecule has 90 valence electrons. The van der Waals surface area contributed by atoms with Crippen molar-refractivity contribution in [3.05, 3.63) is 30.1 Å². The number of halogens is 1. The summed E-state index contributed by atoms with van der Waals surface area (Å²) in [6.07, 6.45) is 0. The van der Waals surface area contributed by atoms with Crippen molar-refractivity contribution in [1.82, 2.24) is 4.31 Å². The van der Waals surface area contributed by atoms with Crippen molar-refractivity contribution in [2.24, 2.45) is 0 Å². The average molecular weight is 247 g/mol. The molecule has 0 heterocycles. The molecule has 0 saturated carbocycles. The highest BCUT2D eigenvalue weighted by Crippen LogP contribution is 2.18. The van der Waals surface area contributed by atoms with Gasteiger partial charge in [0.15, 0.2) is 0 Å². The van der Waals surface area contributed by atoms with E-state index in [0.717, 1.165) is 10.4 Å². The lowest BCUT2D eigenvalue weighted by Gasteiger charge is -2.19. The topological polar surface area (TPSA) is 57.6 Å². The molecule has 1 aromatic carbocycles. The predicted octanol–water partition coefficient (Wildman–Crippen LogP) is 0.829. The predicted molar refractivity (Wildman–Crippen MR) is 57.9 cm³/mol. The molecule has 0 bridgehead atoms. The van der Waals surface area contributed by atoms with Crippen LogP contribution in [-0.2, 0) is 10.0 Å². The Balaban J connectivity index is 3.15. The van der Waals surface area contributed by atoms with Crippen LogP contribution in [-0.4, -0.2) is 37.5 Å². The number of rotatable bonds is 5. The SMILES string of the molecule is CCN(CCO)S(=O)(=O)c1ccccc1F. The third kappa shape index (κ3) is 2.58. The molecule has 0 unspecified atom stereocenters. The first-order chi connectivity index (χ1) is 7.54. The Morgan fingerprint density at radius 3 is 2.50 bits per heavy atom. The summed E-state index contributed by atoms with van der Waals surface area (Å²) < 4.78 is 38.3. The van der Waals surface area contributed by atoms with Gasteiger partial charge in [-0.1, -0.05) is 19.1 Å². The van der Waals surface area contributed by atoms with Gasteiger partial charge in [0, 0.05) is 13.1 Å². The minimum Gasteiger partial charge on any atom is -0.395 e. The Bertz CT molecular complexity index is 447. The lowest BCUT2D eigenvalue weighted by molar-refractivity contribution is 0.256. The molecule has 1 N–H and O–H groups in total. The molecule has 1 aromatic rings. The Kier molecular flexibility index (Phi) is 4.40. The van der Waals surface area contributed by atoms with Crippen LogP contribution in [0.25, 0.3) is 0 Å². The molecule has 6 heteroatoms. The molecule has 1 rings (SSSR count). The fraction of sp³-hybridized carbons (Fsp3) is 0.400. The van der Waals surface area contributed by atoms with Gasteiger partial charge < -0.3 is 5.11 Å². The van der Waals surface area contributed by atoms with Crippen molar-refractivity contribution in [3.8, 4) is 0 Å². The Morgan fingerprint density at radius 1 is 1.38 bits per heavy atom. The fourth-order valence-electron chi connectivity index (χ4n) is 1.35. The highest BCUT2D eigenvalue weighted by Gasteiger charge is 2.25. The number of hydrogen-bond acceptors (Lipinski definition) is 3. The molecular formula is C10H14FNO3S. The quantitative estimate of drug-likeness (QED) is 0.838. The molecule has 0 fully saturated rings. The average Bonchev–Trinajstić information content (AvgIpc) is 2.26. The molecule has 0 aliphatic rings. The second kappa shape index (κ2) is 5.38. The molecule has 0 amide bonds. The summed E-state index contributed by atoms with van der Waals surface area (Å²) in [7, 11) is -3.85. The number of aliphatic hydroxyl groups is 1. The smallest absolute Gasteiger partial charge is 0.246 e. The fourth-order valence-corrected chi connectivity index (χ4v) is 2.86. The molecule has 0 atom stereocenters. The number of sulfonamides is 1. The van der Waals surface area contributed by atoms with E-state index in [2.05, 4.69) is 0 Å². The van der Waals surface area contributed by atoms with Crippen LogP contribution in [0.1, 0.15) is 6.92 Å². The van der Waals surface area contributed by atoms with E-state index in [-0.39, 0.29) is 24.6 Å². The van der Waals surface area contributed by atoms with E-state index in [9.17, 15) is 12.8 Å². The number of hydrogen-bond donors (Lipinski definition) is 1. The highest BCUT2D eigenvalue weighted by molar-refractivity contribution is 7.89. The molecule has 16 heavy (non-hydrogen) atoms. The van der Waals surface area contributed by atoms with Crippen molar-refractivity contribution in [1.29, 1.82) is 0 Å². The molecule has 0 radical (unpaired) electrons. The monoisotopic (exact) mass is 247 g/mol. The Labute approximate surface area is 94.4 Å². The number of aliphatic hydroxyl groups excluding tert-OH is 1. The molecule has 0 aliphatic carbocycles. The van der Waals surface area contributed by atoms with E-state index >= 15 is 0 Å². The largest absolute Gasteiger partial charge is 0.395 e. The number of benzene rings is 1. The van der Waals surface area contributed by atoms with Crippen molar-refractivity contribution in [3.63, 3.8) is 0 Å². The van der Waals surface area contributed by atoms with E-state index in [1.165, 1.54) is 18.2 Å². The van der Waals surface area contributed by atoms with Gasteiger partial charge in [0.25, 0.3) is 0 Å². The normalized spacial score (nSPS) is 12.0. The van der Waals surface area contributed by atoms with Crippen molar-refractivity contribution in [2.75, 3.05) is 19.7 Å². The third-order valence-corrected chi connectivity index (χ3v) is 4.16. The zero-order valence-electron chi connectivity index (χ0n) is 8.93. The zero-order valence-corrected chi connectivity index (χ0v) is 9.74. The molecule has 4 nitrogen and oxygen atoms in total. The molecule has 0 aromatic heterocycles. The summed E-state index contributed by atoms with van der Waals surface area (Å²) in [5.41, 5.74) is 0. The Hall–Kier alpha value is -0.980. The second-order valence-corrected chi connectivity index (χ2v) is 5.06. The van der Waals surface area contributed by atoms with E-state index in [0.29, 0.717) is 0 Å². The first-order valence-electron chi connectivity index (χ1n) is 4.89. The van der Waals surface area contributed by atoms with Crippen LogP contribution < -0.4 is 0 Å². The van der Waals surface area contributed by atoms with Crippen LogP contribution in [0.2, 0.25) is 0 Å². The van der Waals surface area contributed by atoms with Crippen molar-refractivity contribution >= 4 is 10.0 Å². The summed E-state index contributed by atoms with van der Waals surface area (Å²) in [4.78, 5) is -0.356. The third-order valence-electron chi connectivity index (χ3n) is 2.16. The van der Waals surface area contributed by atoms with Gasteiger partial charge in [-0.05, 0) is 12.1 Å². The van der Waals surface area contributed by atoms with Gasteiger partial charge in [-0.15, -0.1) is 0 Å². The van der Waals surface area contributed by atoms with Gasteiger partial charge in [-0.2, -0.15) is 4.31 Å². The maximum Gasteiger partial charge on any atom is 0.246 e. The van der Waals surface area contributed by atoms with Gasteiger partial charge in [0.2, 0.25) is 10.0 Å². The Morgan fingerprint density at radius 2 is 2.00 bits per heavy atom. The molecule has 0 saturated heterocycles. The minimum absolute atomic E-state index is 0.0346. The van der Waals surface area contributed by atoms with Crippen molar-refractivity contribution < 1.29 is 17.9 Å². The van der Waals surface area contributed by atoms with Crippen LogP contribution >= 0.6 is 0 Å².